The van der Waals surface area contributed by atoms with Crippen LogP contribution in [-0.2, 0) is 4.79 Å². The molecule has 0 fully saturated rings. The van der Waals surface area contributed by atoms with Gasteiger partial charge in [-0.2, -0.15) is 0 Å². The van der Waals surface area contributed by atoms with Crippen LogP contribution in [-0.4, -0.2) is 31.6 Å². The van der Waals surface area contributed by atoms with Crippen molar-refractivity contribution in [2.75, 3.05) is 19.8 Å². The van der Waals surface area contributed by atoms with E-state index < -0.39 is 0 Å². The quantitative estimate of drug-likeness (QED) is 0.638. The summed E-state index contributed by atoms with van der Waals surface area (Å²) in [5.74, 6) is 1.05. The predicted octanol–water partition coefficient (Wildman–Crippen LogP) is 3.79. The molecule has 2 N–H and O–H groups in total. The summed E-state index contributed by atoms with van der Waals surface area (Å²) < 4.78 is 11.2. The first kappa shape index (κ1) is 22.3. The summed E-state index contributed by atoms with van der Waals surface area (Å²) in [6.45, 7) is 9.05. The minimum atomic E-state index is -0.190. The lowest BCUT2D eigenvalue weighted by atomic mass is 10.1. The highest BCUT2D eigenvalue weighted by Gasteiger charge is 2.14. The predicted molar refractivity (Wildman–Crippen MR) is 113 cm³/mol. The van der Waals surface area contributed by atoms with E-state index in [1.807, 2.05) is 64.1 Å². The van der Waals surface area contributed by atoms with Crippen LogP contribution in [0, 0.1) is 6.92 Å². The molecule has 0 aliphatic heterocycles. The van der Waals surface area contributed by atoms with E-state index in [4.69, 9.17) is 9.47 Å². The third kappa shape index (κ3) is 6.82. The van der Waals surface area contributed by atoms with Crippen molar-refractivity contribution in [3.63, 3.8) is 0 Å². The van der Waals surface area contributed by atoms with Gasteiger partial charge in [-0.05, 0) is 57.5 Å². The van der Waals surface area contributed by atoms with Gasteiger partial charge < -0.3 is 20.1 Å². The highest BCUT2D eigenvalue weighted by Crippen LogP contribution is 2.30. The average molecular weight is 399 g/mol. The van der Waals surface area contributed by atoms with Crippen LogP contribution in [0.25, 0.3) is 0 Å². The molecule has 0 saturated carbocycles. The first-order valence-corrected chi connectivity index (χ1v) is 9.98. The van der Waals surface area contributed by atoms with Crippen molar-refractivity contribution >= 4 is 11.8 Å². The highest BCUT2D eigenvalue weighted by molar-refractivity contribution is 5.94. The first-order valence-electron chi connectivity index (χ1n) is 9.98. The molecule has 0 aliphatic rings. The summed E-state index contributed by atoms with van der Waals surface area (Å²) in [4.78, 5) is 24.4. The number of nitrogens with one attached hydrogen (secondary N) is 2. The van der Waals surface area contributed by atoms with Gasteiger partial charge in [-0.25, -0.2) is 0 Å². The van der Waals surface area contributed by atoms with Gasteiger partial charge in [0.25, 0.3) is 5.91 Å². The van der Waals surface area contributed by atoms with Crippen molar-refractivity contribution in [1.29, 1.82) is 0 Å². The largest absolute Gasteiger partial charge is 0.490 e. The molecule has 29 heavy (non-hydrogen) atoms. The number of benzene rings is 2. The van der Waals surface area contributed by atoms with Gasteiger partial charge in [0.2, 0.25) is 5.91 Å². The van der Waals surface area contributed by atoms with E-state index in [2.05, 4.69) is 10.6 Å². The Balaban J connectivity index is 1.86. The Kier molecular flexibility index (Phi) is 8.52. The summed E-state index contributed by atoms with van der Waals surface area (Å²) in [5.41, 5.74) is 2.54. The Morgan fingerprint density at radius 2 is 1.72 bits per heavy atom. The lowest BCUT2D eigenvalue weighted by molar-refractivity contribution is -0.121. The molecular weight excluding hydrogens is 368 g/mol. The molecule has 2 aromatic rings. The number of hydrogen-bond acceptors (Lipinski definition) is 4. The summed E-state index contributed by atoms with van der Waals surface area (Å²) >= 11 is 0. The van der Waals surface area contributed by atoms with E-state index in [1.165, 1.54) is 0 Å². The molecule has 0 saturated heterocycles. The standard InChI is InChI=1S/C23H30N2O4/c1-5-28-20-11-10-18(15-21(20)29-6-2)17(4)25-22(26)12-13-24-23(27)19-9-7-8-16(3)14-19/h7-11,14-15,17H,5-6,12-13H2,1-4H3,(H,24,27)(H,25,26). The minimum absolute atomic E-state index is 0.131. The Bertz CT molecular complexity index is 835. The number of carbonyl (C=O) groups excluding carboxylic acids is 2. The average Bonchev–Trinajstić information content (AvgIpc) is 2.69. The van der Waals surface area contributed by atoms with Crippen LogP contribution in [0.5, 0.6) is 11.5 Å². The van der Waals surface area contributed by atoms with Crippen molar-refractivity contribution in [1.82, 2.24) is 10.6 Å². The van der Waals surface area contributed by atoms with Gasteiger partial charge in [0.1, 0.15) is 0 Å². The van der Waals surface area contributed by atoms with Crippen molar-refractivity contribution in [3.05, 3.63) is 59.2 Å². The van der Waals surface area contributed by atoms with Crippen molar-refractivity contribution < 1.29 is 19.1 Å². The SMILES string of the molecule is CCOc1ccc(C(C)NC(=O)CCNC(=O)c2cccc(C)c2)cc1OCC. The molecule has 1 unspecified atom stereocenters. The summed E-state index contributed by atoms with van der Waals surface area (Å²) in [6, 6.07) is 12.8. The third-order valence-electron chi connectivity index (χ3n) is 4.36. The maximum atomic E-state index is 12.3. The van der Waals surface area contributed by atoms with Crippen LogP contribution in [0.15, 0.2) is 42.5 Å². The van der Waals surface area contributed by atoms with E-state index in [0.717, 1.165) is 11.1 Å². The van der Waals surface area contributed by atoms with E-state index in [0.29, 0.717) is 30.3 Å². The summed E-state index contributed by atoms with van der Waals surface area (Å²) in [5, 5.41) is 5.73. The maximum Gasteiger partial charge on any atom is 0.251 e. The first-order chi connectivity index (χ1) is 13.9. The Morgan fingerprint density at radius 3 is 2.41 bits per heavy atom. The lowest BCUT2D eigenvalue weighted by Gasteiger charge is -2.17. The molecular formula is C23H30N2O4. The molecule has 2 amide bonds. The topological polar surface area (TPSA) is 76.7 Å². The zero-order valence-electron chi connectivity index (χ0n) is 17.6. The Hall–Kier alpha value is -3.02. The smallest absolute Gasteiger partial charge is 0.251 e. The zero-order chi connectivity index (χ0) is 21.2. The molecule has 1 atom stereocenters. The minimum Gasteiger partial charge on any atom is -0.490 e. The summed E-state index contributed by atoms with van der Waals surface area (Å²) in [7, 11) is 0. The number of carbonyl (C=O) groups is 2. The van der Waals surface area contributed by atoms with Gasteiger partial charge in [0, 0.05) is 18.5 Å². The molecule has 0 radical (unpaired) electrons. The molecule has 6 heteroatoms. The fourth-order valence-electron chi connectivity index (χ4n) is 2.91. The van der Waals surface area contributed by atoms with E-state index in [-0.39, 0.29) is 30.8 Å². The zero-order valence-corrected chi connectivity index (χ0v) is 17.6. The molecule has 0 aliphatic carbocycles. The van der Waals surface area contributed by atoms with E-state index in [9.17, 15) is 9.59 Å². The molecule has 2 rings (SSSR count). The van der Waals surface area contributed by atoms with Crippen molar-refractivity contribution in [3.8, 4) is 11.5 Å². The number of hydrogen-bond donors (Lipinski definition) is 2. The third-order valence-corrected chi connectivity index (χ3v) is 4.36. The van der Waals surface area contributed by atoms with E-state index in [1.54, 1.807) is 6.07 Å². The van der Waals surface area contributed by atoms with Gasteiger partial charge in [-0.3, -0.25) is 9.59 Å². The summed E-state index contributed by atoms with van der Waals surface area (Å²) in [6.07, 6.45) is 0.206. The van der Waals surface area contributed by atoms with Crippen molar-refractivity contribution in [2.24, 2.45) is 0 Å². The molecule has 0 aromatic heterocycles. The van der Waals surface area contributed by atoms with Crippen LogP contribution in [0.4, 0.5) is 0 Å². The second-order valence-corrected chi connectivity index (χ2v) is 6.74. The Labute approximate surface area is 172 Å². The number of amides is 2. The second-order valence-electron chi connectivity index (χ2n) is 6.74. The molecule has 6 nitrogen and oxygen atoms in total. The van der Waals surface area contributed by atoms with E-state index >= 15 is 0 Å². The molecule has 0 spiro atoms. The van der Waals surface area contributed by atoms with Crippen LogP contribution < -0.4 is 20.1 Å². The second kappa shape index (κ2) is 11.1. The molecule has 0 heterocycles. The molecule has 0 bridgehead atoms. The Morgan fingerprint density at radius 1 is 1.00 bits per heavy atom. The van der Waals surface area contributed by atoms with Crippen LogP contribution in [0.3, 0.4) is 0 Å². The van der Waals surface area contributed by atoms with Gasteiger partial charge in [-0.15, -0.1) is 0 Å². The monoisotopic (exact) mass is 398 g/mol. The normalized spacial score (nSPS) is 11.4. The number of aryl methyl sites for hydroxylation is 1. The van der Waals surface area contributed by atoms with Gasteiger partial charge in [0.05, 0.1) is 19.3 Å². The highest BCUT2D eigenvalue weighted by atomic mass is 16.5. The molecule has 2 aromatic carbocycles. The lowest BCUT2D eigenvalue weighted by Crippen LogP contribution is -2.32. The van der Waals surface area contributed by atoms with Crippen LogP contribution in [0.2, 0.25) is 0 Å². The molecule has 156 valence electrons. The van der Waals surface area contributed by atoms with Gasteiger partial charge >= 0.3 is 0 Å². The number of rotatable bonds is 10. The number of ether oxygens (including phenoxy) is 2. The maximum absolute atomic E-state index is 12.3. The van der Waals surface area contributed by atoms with Gasteiger partial charge in [0.15, 0.2) is 11.5 Å². The van der Waals surface area contributed by atoms with Crippen LogP contribution >= 0.6 is 0 Å². The van der Waals surface area contributed by atoms with Crippen molar-refractivity contribution in [2.45, 2.75) is 40.2 Å². The van der Waals surface area contributed by atoms with Crippen LogP contribution in [0.1, 0.15) is 54.7 Å². The fraction of sp³-hybridized carbons (Fsp3) is 0.391. The fourth-order valence-corrected chi connectivity index (χ4v) is 2.91. The van der Waals surface area contributed by atoms with Gasteiger partial charge in [-0.1, -0.05) is 23.8 Å².